The summed E-state index contributed by atoms with van der Waals surface area (Å²) in [5.41, 5.74) is 0. The molecule has 0 aromatic heterocycles. The fraction of sp³-hybridized carbons (Fsp3) is 0.667. The lowest BCUT2D eigenvalue weighted by atomic mass is 10.1. The molecule has 56 valence electrons. The molecule has 1 heterocycles. The van der Waals surface area contributed by atoms with E-state index in [2.05, 4.69) is 10.1 Å². The Balaban J connectivity index is 2.44. The molecule has 0 radical (unpaired) electrons. The smallest absolute Gasteiger partial charge is 0.310 e. The lowest BCUT2D eigenvalue weighted by molar-refractivity contribution is -0.144. The van der Waals surface area contributed by atoms with Crippen LogP contribution in [0.15, 0.2) is 0 Å². The number of methoxy groups -OCH3 is 1. The van der Waals surface area contributed by atoms with E-state index in [9.17, 15) is 4.79 Å². The molecule has 0 bridgehead atoms. The predicted octanol–water partition coefficient (Wildman–Crippen LogP) is 0.0963. The van der Waals surface area contributed by atoms with E-state index < -0.39 is 0 Å². The van der Waals surface area contributed by atoms with Crippen molar-refractivity contribution in [1.82, 2.24) is 5.32 Å². The van der Waals surface area contributed by atoms with Gasteiger partial charge in [0.05, 0.1) is 18.0 Å². The summed E-state index contributed by atoms with van der Waals surface area (Å²) in [6.45, 7) is 0.630. The van der Waals surface area contributed by atoms with Gasteiger partial charge < -0.3 is 10.1 Å². The van der Waals surface area contributed by atoms with Gasteiger partial charge in [-0.05, 0) is 0 Å². The van der Waals surface area contributed by atoms with Gasteiger partial charge >= 0.3 is 5.97 Å². The second-order valence-electron chi connectivity index (χ2n) is 2.23. The molecule has 1 fully saturated rings. The normalized spacial score (nSPS) is 24.1. The van der Waals surface area contributed by atoms with Crippen molar-refractivity contribution in [1.29, 1.82) is 0 Å². The maximum absolute atomic E-state index is 10.8. The number of thiocarbonyl (C=S) groups is 1. The summed E-state index contributed by atoms with van der Waals surface area (Å²) in [7, 11) is 1.39. The van der Waals surface area contributed by atoms with Gasteiger partial charge in [-0.15, -0.1) is 0 Å². The number of nitrogens with one attached hydrogen (secondary N) is 1. The summed E-state index contributed by atoms with van der Waals surface area (Å²) in [4.78, 5) is 11.6. The van der Waals surface area contributed by atoms with E-state index in [1.54, 1.807) is 0 Å². The van der Waals surface area contributed by atoms with E-state index in [0.717, 1.165) is 4.99 Å². The largest absolute Gasteiger partial charge is 0.469 e. The highest BCUT2D eigenvalue weighted by Crippen LogP contribution is 2.10. The molecule has 0 saturated carbocycles. The lowest BCUT2D eigenvalue weighted by Gasteiger charge is -2.02. The molecule has 1 saturated heterocycles. The molecule has 0 aliphatic carbocycles. The van der Waals surface area contributed by atoms with Gasteiger partial charge in [0.25, 0.3) is 0 Å². The number of rotatable bonds is 1. The quantitative estimate of drug-likeness (QED) is 0.435. The Morgan fingerprint density at radius 2 is 2.60 bits per heavy atom. The SMILES string of the molecule is COC(=O)C1CNC(=S)C1. The number of carbonyl (C=O) groups excluding carboxylic acids is 1. The summed E-state index contributed by atoms with van der Waals surface area (Å²) in [5.74, 6) is -0.232. The average Bonchev–Trinajstić information content (AvgIpc) is 2.34. The van der Waals surface area contributed by atoms with E-state index in [1.165, 1.54) is 7.11 Å². The van der Waals surface area contributed by atoms with Gasteiger partial charge in [-0.1, -0.05) is 12.2 Å². The third-order valence-electron chi connectivity index (χ3n) is 1.51. The number of ether oxygens (including phenoxy) is 1. The Labute approximate surface area is 64.7 Å². The number of esters is 1. The Hall–Kier alpha value is -0.640. The molecule has 1 aliphatic rings. The van der Waals surface area contributed by atoms with E-state index in [-0.39, 0.29) is 11.9 Å². The molecule has 0 aromatic rings. The zero-order chi connectivity index (χ0) is 7.56. The summed E-state index contributed by atoms with van der Waals surface area (Å²) in [6, 6.07) is 0. The zero-order valence-corrected chi connectivity index (χ0v) is 6.53. The van der Waals surface area contributed by atoms with Gasteiger partial charge in [-0.3, -0.25) is 4.79 Å². The third kappa shape index (κ3) is 1.44. The van der Waals surface area contributed by atoms with E-state index in [1.807, 2.05) is 0 Å². The van der Waals surface area contributed by atoms with Crippen molar-refractivity contribution in [3.05, 3.63) is 0 Å². The fourth-order valence-electron chi connectivity index (χ4n) is 0.938. The number of hydrogen-bond acceptors (Lipinski definition) is 3. The van der Waals surface area contributed by atoms with Crippen LogP contribution in [-0.2, 0) is 9.53 Å². The van der Waals surface area contributed by atoms with Crippen LogP contribution >= 0.6 is 12.2 Å². The van der Waals surface area contributed by atoms with E-state index in [4.69, 9.17) is 12.2 Å². The first-order valence-corrected chi connectivity index (χ1v) is 3.49. The van der Waals surface area contributed by atoms with Gasteiger partial charge in [-0.2, -0.15) is 0 Å². The summed E-state index contributed by atoms with van der Waals surface area (Å²) < 4.78 is 4.54. The van der Waals surface area contributed by atoms with Crippen LogP contribution in [0.4, 0.5) is 0 Å². The zero-order valence-electron chi connectivity index (χ0n) is 5.72. The first kappa shape index (κ1) is 7.47. The molecular formula is C6H9NO2S. The Kier molecular flexibility index (Phi) is 2.21. The van der Waals surface area contributed by atoms with Crippen molar-refractivity contribution in [3.63, 3.8) is 0 Å². The Bertz CT molecular complexity index is 169. The summed E-state index contributed by atoms with van der Waals surface area (Å²) in [6.07, 6.45) is 0.641. The van der Waals surface area contributed by atoms with Crippen molar-refractivity contribution in [3.8, 4) is 0 Å². The van der Waals surface area contributed by atoms with Crippen LogP contribution in [0.3, 0.4) is 0 Å². The molecule has 1 atom stereocenters. The van der Waals surface area contributed by atoms with Crippen LogP contribution < -0.4 is 5.32 Å². The molecule has 0 aromatic carbocycles. The first-order valence-electron chi connectivity index (χ1n) is 3.08. The van der Waals surface area contributed by atoms with Crippen LogP contribution in [-0.4, -0.2) is 24.6 Å². The molecule has 0 spiro atoms. The van der Waals surface area contributed by atoms with Gasteiger partial charge in [0.2, 0.25) is 0 Å². The Morgan fingerprint density at radius 1 is 1.90 bits per heavy atom. The van der Waals surface area contributed by atoms with Crippen molar-refractivity contribution in [2.24, 2.45) is 5.92 Å². The van der Waals surface area contributed by atoms with Crippen LogP contribution in [0.5, 0.6) is 0 Å². The summed E-state index contributed by atoms with van der Waals surface area (Å²) >= 11 is 4.84. The van der Waals surface area contributed by atoms with Gasteiger partial charge in [0, 0.05) is 13.0 Å². The molecular weight excluding hydrogens is 150 g/mol. The van der Waals surface area contributed by atoms with E-state index >= 15 is 0 Å². The standard InChI is InChI=1S/C6H9NO2S/c1-9-6(8)4-2-5(10)7-3-4/h4H,2-3H2,1H3,(H,7,10). The van der Waals surface area contributed by atoms with Crippen molar-refractivity contribution < 1.29 is 9.53 Å². The third-order valence-corrected chi connectivity index (χ3v) is 1.82. The minimum Gasteiger partial charge on any atom is -0.469 e. The monoisotopic (exact) mass is 159 g/mol. The van der Waals surface area contributed by atoms with Crippen LogP contribution in [0.25, 0.3) is 0 Å². The van der Waals surface area contributed by atoms with Gasteiger partial charge in [0.1, 0.15) is 0 Å². The highest BCUT2D eigenvalue weighted by atomic mass is 32.1. The second-order valence-corrected chi connectivity index (χ2v) is 2.72. The topological polar surface area (TPSA) is 38.3 Å². The maximum Gasteiger partial charge on any atom is 0.310 e. The van der Waals surface area contributed by atoms with Crippen LogP contribution in [0.2, 0.25) is 0 Å². The second kappa shape index (κ2) is 2.96. The maximum atomic E-state index is 10.8. The molecule has 1 aliphatic heterocycles. The molecule has 3 nitrogen and oxygen atoms in total. The van der Waals surface area contributed by atoms with E-state index in [0.29, 0.717) is 13.0 Å². The predicted molar refractivity (Wildman–Crippen MR) is 40.7 cm³/mol. The van der Waals surface area contributed by atoms with Gasteiger partial charge in [-0.25, -0.2) is 0 Å². The average molecular weight is 159 g/mol. The van der Waals surface area contributed by atoms with Crippen molar-refractivity contribution in [2.75, 3.05) is 13.7 Å². The Morgan fingerprint density at radius 3 is 3.00 bits per heavy atom. The van der Waals surface area contributed by atoms with Gasteiger partial charge in [0.15, 0.2) is 0 Å². The molecule has 4 heteroatoms. The molecule has 0 amide bonds. The molecule has 1 rings (SSSR count). The van der Waals surface area contributed by atoms with Crippen LogP contribution in [0.1, 0.15) is 6.42 Å². The molecule has 1 N–H and O–H groups in total. The first-order chi connectivity index (χ1) is 4.74. The fourth-order valence-corrected chi connectivity index (χ4v) is 1.22. The molecule has 10 heavy (non-hydrogen) atoms. The highest BCUT2D eigenvalue weighted by molar-refractivity contribution is 7.80. The number of carbonyl (C=O) groups is 1. The highest BCUT2D eigenvalue weighted by Gasteiger charge is 2.25. The molecule has 1 unspecified atom stereocenters. The minimum absolute atomic E-state index is 0.0579. The number of hydrogen-bond donors (Lipinski definition) is 1. The van der Waals surface area contributed by atoms with Crippen LogP contribution in [0, 0.1) is 5.92 Å². The van der Waals surface area contributed by atoms with Crippen molar-refractivity contribution >= 4 is 23.2 Å². The lowest BCUT2D eigenvalue weighted by Crippen LogP contribution is -2.18. The summed E-state index contributed by atoms with van der Waals surface area (Å²) in [5, 5.41) is 2.92. The minimum atomic E-state index is -0.174. The van der Waals surface area contributed by atoms with Crippen molar-refractivity contribution in [2.45, 2.75) is 6.42 Å².